The number of amides is 2. The molecule has 0 aliphatic carbocycles. The molecule has 110 valence electrons. The van der Waals surface area contributed by atoms with Gasteiger partial charge in [-0.3, -0.25) is 0 Å². The van der Waals surface area contributed by atoms with E-state index in [1.54, 1.807) is 0 Å². The number of rotatable bonds is 4. The molecule has 2 rings (SSSR count). The maximum Gasteiger partial charge on any atom is 0.323 e. The number of hydrogen-bond donors (Lipinski definition) is 3. The molecule has 0 spiro atoms. The van der Waals surface area contributed by atoms with Gasteiger partial charge in [0.05, 0.1) is 0 Å². The van der Waals surface area contributed by atoms with Crippen molar-refractivity contribution in [2.24, 2.45) is 0 Å². The molecule has 0 aliphatic rings. The summed E-state index contributed by atoms with van der Waals surface area (Å²) >= 11 is 0. The van der Waals surface area contributed by atoms with Crippen LogP contribution >= 0.6 is 0 Å². The van der Waals surface area contributed by atoms with Crippen LogP contribution in [0.5, 0.6) is 0 Å². The Morgan fingerprint density at radius 3 is 2.24 bits per heavy atom. The molecule has 21 heavy (non-hydrogen) atoms. The average molecular weight is 283 g/mol. The zero-order valence-electron chi connectivity index (χ0n) is 12.6. The predicted octanol–water partition coefficient (Wildman–Crippen LogP) is 3.92. The molecule has 0 heterocycles. The van der Waals surface area contributed by atoms with Crippen molar-refractivity contribution in [1.82, 2.24) is 5.32 Å². The number of anilines is 2. The Bertz CT molecular complexity index is 625. The first kappa shape index (κ1) is 15.1. The third-order valence-electron chi connectivity index (χ3n) is 3.35. The fraction of sp³-hybridized carbons (Fsp3) is 0.235. The number of carbonyl (C=O) groups excluding carboxylic acids is 1. The van der Waals surface area contributed by atoms with Crippen molar-refractivity contribution >= 4 is 17.4 Å². The topological polar surface area (TPSA) is 53.2 Å². The first-order valence-corrected chi connectivity index (χ1v) is 7.00. The lowest BCUT2D eigenvalue weighted by Gasteiger charge is -2.13. The normalized spacial score (nSPS) is 11.8. The number of urea groups is 1. The van der Waals surface area contributed by atoms with Crippen LogP contribution in [-0.2, 0) is 0 Å². The van der Waals surface area contributed by atoms with Crippen LogP contribution < -0.4 is 16.0 Å². The van der Waals surface area contributed by atoms with E-state index < -0.39 is 0 Å². The summed E-state index contributed by atoms with van der Waals surface area (Å²) in [5.74, 6) is 0. The summed E-state index contributed by atoms with van der Waals surface area (Å²) in [5, 5.41) is 8.86. The van der Waals surface area contributed by atoms with Gasteiger partial charge in [0, 0.05) is 17.4 Å². The van der Waals surface area contributed by atoms with E-state index in [2.05, 4.69) is 22.9 Å². The van der Waals surface area contributed by atoms with Gasteiger partial charge in [-0.25, -0.2) is 4.79 Å². The molecule has 0 fully saturated rings. The fourth-order valence-electron chi connectivity index (χ4n) is 2.07. The molecule has 0 saturated carbocycles. The Kier molecular flexibility index (Phi) is 4.95. The highest BCUT2D eigenvalue weighted by Crippen LogP contribution is 2.17. The van der Waals surface area contributed by atoms with Gasteiger partial charge in [0.2, 0.25) is 0 Å². The van der Waals surface area contributed by atoms with Crippen LogP contribution in [0.15, 0.2) is 48.5 Å². The maximum atomic E-state index is 12.0. The number of hydrogen-bond acceptors (Lipinski definition) is 2. The Labute approximate surface area is 125 Å². The van der Waals surface area contributed by atoms with Gasteiger partial charge >= 0.3 is 6.03 Å². The summed E-state index contributed by atoms with van der Waals surface area (Å²) in [7, 11) is 1.91. The van der Waals surface area contributed by atoms with E-state index >= 15 is 0 Å². The van der Waals surface area contributed by atoms with E-state index in [-0.39, 0.29) is 12.1 Å². The van der Waals surface area contributed by atoms with Gasteiger partial charge in [-0.1, -0.05) is 24.3 Å². The number of nitrogens with one attached hydrogen (secondary N) is 3. The minimum absolute atomic E-state index is 0.241. The highest BCUT2D eigenvalue weighted by molar-refractivity contribution is 5.99. The molecule has 3 N–H and O–H groups in total. The summed E-state index contributed by atoms with van der Waals surface area (Å²) in [6, 6.07) is 15.5. The highest BCUT2D eigenvalue weighted by atomic mass is 16.2. The third kappa shape index (κ3) is 4.33. The molecule has 1 unspecified atom stereocenters. The van der Waals surface area contributed by atoms with Gasteiger partial charge in [0.1, 0.15) is 0 Å². The lowest BCUT2D eigenvalue weighted by molar-refractivity contribution is 0.262. The van der Waals surface area contributed by atoms with Crippen molar-refractivity contribution in [1.29, 1.82) is 0 Å². The van der Waals surface area contributed by atoms with E-state index in [9.17, 15) is 4.79 Å². The standard InChI is InChI=1S/C17H21N3O/c1-12-6-4-8-15(10-12)19-17(21)20-16-9-5-7-14(11-16)13(2)18-3/h4-11,13,18H,1-3H3,(H2,19,20,21). The Morgan fingerprint density at radius 2 is 1.62 bits per heavy atom. The second kappa shape index (κ2) is 6.90. The van der Waals surface area contributed by atoms with E-state index in [1.807, 2.05) is 62.5 Å². The summed E-state index contributed by atoms with van der Waals surface area (Å²) in [4.78, 5) is 12.0. The first-order valence-electron chi connectivity index (χ1n) is 7.00. The monoisotopic (exact) mass is 283 g/mol. The summed E-state index contributed by atoms with van der Waals surface area (Å²) in [6.07, 6.45) is 0. The highest BCUT2D eigenvalue weighted by Gasteiger charge is 2.06. The third-order valence-corrected chi connectivity index (χ3v) is 3.35. The summed E-state index contributed by atoms with van der Waals surface area (Å²) < 4.78 is 0. The molecule has 2 amide bonds. The van der Waals surface area contributed by atoms with Crippen LogP contribution in [0.3, 0.4) is 0 Å². The van der Waals surface area contributed by atoms with Crippen LogP contribution in [0.2, 0.25) is 0 Å². The van der Waals surface area contributed by atoms with Crippen LogP contribution in [0.25, 0.3) is 0 Å². The number of carbonyl (C=O) groups is 1. The Balaban J connectivity index is 2.02. The van der Waals surface area contributed by atoms with Crippen molar-refractivity contribution in [3.8, 4) is 0 Å². The molecule has 2 aromatic rings. The van der Waals surface area contributed by atoms with Crippen LogP contribution in [0, 0.1) is 6.92 Å². The maximum absolute atomic E-state index is 12.0. The van der Waals surface area contributed by atoms with E-state index in [1.165, 1.54) is 0 Å². The van der Waals surface area contributed by atoms with Crippen molar-refractivity contribution in [3.05, 3.63) is 59.7 Å². The van der Waals surface area contributed by atoms with Gasteiger partial charge in [-0.15, -0.1) is 0 Å². The molecule has 4 nitrogen and oxygen atoms in total. The molecule has 0 radical (unpaired) electrons. The fourth-order valence-corrected chi connectivity index (χ4v) is 2.07. The van der Waals surface area contributed by atoms with E-state index in [0.717, 1.165) is 22.5 Å². The molecule has 0 aliphatic heterocycles. The predicted molar refractivity (Wildman–Crippen MR) is 87.7 cm³/mol. The molecule has 0 bridgehead atoms. The molecule has 4 heteroatoms. The average Bonchev–Trinajstić information content (AvgIpc) is 2.46. The molecule has 0 saturated heterocycles. The van der Waals surface area contributed by atoms with Gasteiger partial charge in [0.15, 0.2) is 0 Å². The van der Waals surface area contributed by atoms with Crippen LogP contribution in [0.1, 0.15) is 24.1 Å². The van der Waals surface area contributed by atoms with Crippen LogP contribution in [-0.4, -0.2) is 13.1 Å². The van der Waals surface area contributed by atoms with Crippen molar-refractivity contribution < 1.29 is 4.79 Å². The van der Waals surface area contributed by atoms with Crippen molar-refractivity contribution in [3.63, 3.8) is 0 Å². The summed E-state index contributed by atoms with van der Waals surface area (Å²) in [5.41, 5.74) is 3.80. The van der Waals surface area contributed by atoms with Crippen LogP contribution in [0.4, 0.5) is 16.2 Å². The summed E-state index contributed by atoms with van der Waals surface area (Å²) in [6.45, 7) is 4.07. The van der Waals surface area contributed by atoms with E-state index in [0.29, 0.717) is 0 Å². The Hall–Kier alpha value is -2.33. The lowest BCUT2D eigenvalue weighted by atomic mass is 10.1. The molecule has 0 aromatic heterocycles. The SMILES string of the molecule is CNC(C)c1cccc(NC(=O)Nc2cccc(C)c2)c1. The molecule has 2 aromatic carbocycles. The van der Waals surface area contributed by atoms with E-state index in [4.69, 9.17) is 0 Å². The smallest absolute Gasteiger partial charge is 0.313 e. The zero-order chi connectivity index (χ0) is 15.2. The van der Waals surface area contributed by atoms with Gasteiger partial charge in [-0.2, -0.15) is 0 Å². The number of aryl methyl sites for hydroxylation is 1. The van der Waals surface area contributed by atoms with Gasteiger partial charge in [-0.05, 0) is 56.3 Å². The Morgan fingerprint density at radius 1 is 1.00 bits per heavy atom. The first-order chi connectivity index (χ1) is 10.1. The zero-order valence-corrected chi connectivity index (χ0v) is 12.6. The molecular formula is C17H21N3O. The second-order valence-electron chi connectivity index (χ2n) is 5.08. The molecule has 1 atom stereocenters. The molecular weight excluding hydrogens is 262 g/mol. The second-order valence-corrected chi connectivity index (χ2v) is 5.08. The minimum atomic E-state index is -0.241. The number of benzene rings is 2. The quantitative estimate of drug-likeness (QED) is 0.796. The minimum Gasteiger partial charge on any atom is -0.313 e. The van der Waals surface area contributed by atoms with Crippen molar-refractivity contribution in [2.75, 3.05) is 17.7 Å². The largest absolute Gasteiger partial charge is 0.323 e. The van der Waals surface area contributed by atoms with Gasteiger partial charge < -0.3 is 16.0 Å². The van der Waals surface area contributed by atoms with Gasteiger partial charge in [0.25, 0.3) is 0 Å². The lowest BCUT2D eigenvalue weighted by Crippen LogP contribution is -2.20. The van der Waals surface area contributed by atoms with Crippen molar-refractivity contribution in [2.45, 2.75) is 19.9 Å².